The Bertz CT molecular complexity index is 974. The zero-order valence-corrected chi connectivity index (χ0v) is 21.1. The van der Waals surface area contributed by atoms with E-state index >= 15 is 0 Å². The molecule has 0 aliphatic heterocycles. The maximum absolute atomic E-state index is 12.4. The van der Waals surface area contributed by atoms with Crippen LogP contribution < -0.4 is 4.74 Å². The average Bonchev–Trinajstić information content (AvgIpc) is 3.31. The minimum absolute atomic E-state index is 0.142. The van der Waals surface area contributed by atoms with Crippen molar-refractivity contribution >= 4 is 25.5 Å². The molecule has 1 amide bonds. The molecular weight excluding hydrogens is 436 g/mol. The molecule has 3 aromatic rings. The molecule has 0 aliphatic rings. The van der Waals surface area contributed by atoms with Crippen molar-refractivity contribution < 1.29 is 14.3 Å². The summed E-state index contributed by atoms with van der Waals surface area (Å²) >= 11 is 1.66. The monoisotopic (exact) mass is 468 g/mol. The van der Waals surface area contributed by atoms with E-state index in [9.17, 15) is 4.79 Å². The summed E-state index contributed by atoms with van der Waals surface area (Å²) in [5.74, 6) is 0.796. The number of aromatic nitrogens is 1. The normalized spacial score (nSPS) is 12.2. The van der Waals surface area contributed by atoms with Gasteiger partial charge in [-0.1, -0.05) is 43.9 Å². The third-order valence-electron chi connectivity index (χ3n) is 5.08. The van der Waals surface area contributed by atoms with Crippen LogP contribution in [0.3, 0.4) is 0 Å². The summed E-state index contributed by atoms with van der Waals surface area (Å²) in [6, 6.07) is 17.1. The standard InChI is InChI=1S/C25H32N2O3SSi/c1-27(25(28)29-15-17-32(2,3)4)14-12-23(24-11-7-16-31-24)30-22-10-5-8-20(18-22)21-9-6-13-26-19-21/h5-11,13,16,18-19,23H,12,14-15,17H2,1-4H3. The lowest BCUT2D eigenvalue weighted by Crippen LogP contribution is -2.31. The van der Waals surface area contributed by atoms with Crippen LogP contribution in [-0.4, -0.2) is 44.3 Å². The zero-order valence-electron chi connectivity index (χ0n) is 19.3. The molecule has 170 valence electrons. The molecule has 32 heavy (non-hydrogen) atoms. The molecule has 0 N–H and O–H groups in total. The Morgan fingerprint density at radius 2 is 1.94 bits per heavy atom. The quantitative estimate of drug-likeness (QED) is 0.310. The van der Waals surface area contributed by atoms with Gasteiger partial charge >= 0.3 is 6.09 Å². The summed E-state index contributed by atoms with van der Waals surface area (Å²) in [5.41, 5.74) is 2.11. The lowest BCUT2D eigenvalue weighted by Gasteiger charge is -2.23. The first-order valence-electron chi connectivity index (χ1n) is 10.9. The molecule has 0 bridgehead atoms. The first-order chi connectivity index (χ1) is 15.3. The predicted molar refractivity (Wildman–Crippen MR) is 134 cm³/mol. The first kappa shape index (κ1) is 24.0. The number of benzene rings is 1. The minimum atomic E-state index is -1.22. The van der Waals surface area contributed by atoms with Gasteiger partial charge in [0.2, 0.25) is 0 Å². The SMILES string of the molecule is CN(CCC(Oc1cccc(-c2cccnc2)c1)c1cccs1)C(=O)OCC[Si](C)(C)C. The van der Waals surface area contributed by atoms with E-state index in [0.29, 0.717) is 19.6 Å². The van der Waals surface area contributed by atoms with E-state index in [2.05, 4.69) is 30.7 Å². The van der Waals surface area contributed by atoms with Crippen LogP contribution in [0.15, 0.2) is 66.3 Å². The van der Waals surface area contributed by atoms with Gasteiger partial charge in [-0.05, 0) is 41.3 Å². The number of hydrogen-bond acceptors (Lipinski definition) is 5. The van der Waals surface area contributed by atoms with Crippen molar-refractivity contribution in [2.24, 2.45) is 0 Å². The molecule has 0 saturated heterocycles. The van der Waals surface area contributed by atoms with Crippen LogP contribution in [0, 0.1) is 0 Å². The number of thiophene rings is 1. The predicted octanol–water partition coefficient (Wildman–Crippen LogP) is 6.73. The van der Waals surface area contributed by atoms with E-state index in [4.69, 9.17) is 9.47 Å². The van der Waals surface area contributed by atoms with Gasteiger partial charge in [-0.3, -0.25) is 4.98 Å². The number of nitrogens with zero attached hydrogens (tertiary/aromatic N) is 2. The first-order valence-corrected chi connectivity index (χ1v) is 15.5. The smallest absolute Gasteiger partial charge is 0.409 e. The average molecular weight is 469 g/mol. The summed E-state index contributed by atoms with van der Waals surface area (Å²) in [7, 11) is 0.561. The van der Waals surface area contributed by atoms with Crippen LogP contribution in [0.4, 0.5) is 4.79 Å². The van der Waals surface area contributed by atoms with Crippen molar-refractivity contribution in [2.75, 3.05) is 20.2 Å². The highest BCUT2D eigenvalue weighted by Gasteiger charge is 2.19. The Morgan fingerprint density at radius 3 is 2.62 bits per heavy atom. The fraction of sp³-hybridized carbons (Fsp3) is 0.360. The molecule has 2 aromatic heterocycles. The second-order valence-electron chi connectivity index (χ2n) is 9.03. The van der Waals surface area contributed by atoms with E-state index < -0.39 is 8.07 Å². The molecule has 0 fully saturated rings. The van der Waals surface area contributed by atoms with Gasteiger partial charge in [0.1, 0.15) is 11.9 Å². The van der Waals surface area contributed by atoms with Gasteiger partial charge in [0.05, 0.1) is 6.61 Å². The number of rotatable bonds is 10. The highest BCUT2D eigenvalue weighted by atomic mass is 32.1. The Kier molecular flexibility index (Phi) is 8.47. The second-order valence-corrected chi connectivity index (χ2v) is 15.6. The number of carbonyl (C=O) groups excluding carboxylic acids is 1. The van der Waals surface area contributed by atoms with Crippen LogP contribution in [-0.2, 0) is 4.74 Å². The number of carbonyl (C=O) groups is 1. The van der Waals surface area contributed by atoms with Gasteiger partial charge in [0.15, 0.2) is 0 Å². The van der Waals surface area contributed by atoms with Crippen molar-refractivity contribution in [3.05, 3.63) is 71.2 Å². The summed E-state index contributed by atoms with van der Waals surface area (Å²) in [4.78, 5) is 19.3. The fourth-order valence-electron chi connectivity index (χ4n) is 3.14. The number of pyridine rings is 1. The highest BCUT2D eigenvalue weighted by molar-refractivity contribution is 7.10. The molecule has 7 heteroatoms. The Morgan fingerprint density at radius 1 is 1.12 bits per heavy atom. The number of ether oxygens (including phenoxy) is 2. The summed E-state index contributed by atoms with van der Waals surface area (Å²) in [5, 5.41) is 2.05. The van der Waals surface area contributed by atoms with E-state index in [1.54, 1.807) is 29.5 Å². The van der Waals surface area contributed by atoms with Gasteiger partial charge in [-0.25, -0.2) is 4.79 Å². The van der Waals surface area contributed by atoms with Crippen molar-refractivity contribution in [1.82, 2.24) is 9.88 Å². The topological polar surface area (TPSA) is 51.7 Å². The summed E-state index contributed by atoms with van der Waals surface area (Å²) in [6.45, 7) is 7.87. The van der Waals surface area contributed by atoms with Crippen LogP contribution in [0.2, 0.25) is 25.7 Å². The molecule has 2 heterocycles. The van der Waals surface area contributed by atoms with Crippen LogP contribution >= 0.6 is 11.3 Å². The third-order valence-corrected chi connectivity index (χ3v) is 7.75. The second kappa shape index (κ2) is 11.3. The minimum Gasteiger partial charge on any atom is -0.485 e. The maximum atomic E-state index is 12.4. The fourth-order valence-corrected chi connectivity index (χ4v) is 4.64. The van der Waals surface area contributed by atoms with Gasteiger partial charge in [-0.2, -0.15) is 0 Å². The van der Waals surface area contributed by atoms with E-state index in [1.807, 2.05) is 54.0 Å². The lowest BCUT2D eigenvalue weighted by molar-refractivity contribution is 0.108. The lowest BCUT2D eigenvalue weighted by atomic mass is 10.1. The number of amides is 1. The maximum Gasteiger partial charge on any atom is 0.409 e. The Hall–Kier alpha value is -2.64. The molecular formula is C25H32N2O3SSi. The Balaban J connectivity index is 1.62. The van der Waals surface area contributed by atoms with E-state index in [0.717, 1.165) is 27.8 Å². The highest BCUT2D eigenvalue weighted by Crippen LogP contribution is 2.30. The molecule has 0 saturated carbocycles. The molecule has 1 atom stereocenters. The van der Waals surface area contributed by atoms with Gasteiger partial charge in [-0.15, -0.1) is 11.3 Å². The largest absolute Gasteiger partial charge is 0.485 e. The molecule has 1 unspecified atom stereocenters. The third kappa shape index (κ3) is 7.49. The van der Waals surface area contributed by atoms with E-state index in [-0.39, 0.29) is 12.2 Å². The molecule has 3 rings (SSSR count). The van der Waals surface area contributed by atoms with Crippen molar-refractivity contribution in [3.63, 3.8) is 0 Å². The van der Waals surface area contributed by atoms with Gasteiger partial charge < -0.3 is 14.4 Å². The molecule has 0 aliphatic carbocycles. The van der Waals surface area contributed by atoms with Crippen LogP contribution in [0.1, 0.15) is 17.4 Å². The van der Waals surface area contributed by atoms with Gasteiger partial charge in [0.25, 0.3) is 0 Å². The van der Waals surface area contributed by atoms with Crippen molar-refractivity contribution in [2.45, 2.75) is 38.2 Å². The van der Waals surface area contributed by atoms with Crippen molar-refractivity contribution in [3.8, 4) is 16.9 Å². The van der Waals surface area contributed by atoms with Crippen LogP contribution in [0.5, 0.6) is 5.75 Å². The molecule has 0 radical (unpaired) electrons. The molecule has 1 aromatic carbocycles. The van der Waals surface area contributed by atoms with Crippen molar-refractivity contribution in [1.29, 1.82) is 0 Å². The summed E-state index contributed by atoms with van der Waals surface area (Å²) in [6.07, 6.45) is 3.88. The summed E-state index contributed by atoms with van der Waals surface area (Å²) < 4.78 is 11.9. The Labute approximate surface area is 196 Å². The van der Waals surface area contributed by atoms with E-state index in [1.165, 1.54) is 0 Å². The molecule has 0 spiro atoms. The van der Waals surface area contributed by atoms with Gasteiger partial charge in [0, 0.05) is 50.9 Å². The zero-order chi connectivity index (χ0) is 23.0. The van der Waals surface area contributed by atoms with Crippen LogP contribution in [0.25, 0.3) is 11.1 Å². The number of hydrogen-bond donors (Lipinski definition) is 0. The molecule has 5 nitrogen and oxygen atoms in total.